The molecule has 1 saturated heterocycles. The highest BCUT2D eigenvalue weighted by Crippen LogP contribution is 2.20. The summed E-state index contributed by atoms with van der Waals surface area (Å²) in [7, 11) is 0. The van der Waals surface area contributed by atoms with Crippen molar-refractivity contribution in [3.63, 3.8) is 0 Å². The van der Waals surface area contributed by atoms with Crippen LogP contribution in [0.2, 0.25) is 0 Å². The Balaban J connectivity index is 1.74. The molecule has 1 N–H and O–H groups in total. The van der Waals surface area contributed by atoms with E-state index in [0.29, 0.717) is 12.4 Å². The van der Waals surface area contributed by atoms with Crippen LogP contribution in [-0.2, 0) is 4.74 Å². The molecule has 116 valence electrons. The lowest BCUT2D eigenvalue weighted by Gasteiger charge is -2.28. The van der Waals surface area contributed by atoms with Gasteiger partial charge < -0.3 is 9.84 Å². The molecule has 3 rings (SSSR count). The van der Waals surface area contributed by atoms with Crippen molar-refractivity contribution >= 4 is 0 Å². The zero-order valence-electron chi connectivity index (χ0n) is 12.8. The molecule has 1 aliphatic heterocycles. The molecule has 0 spiro atoms. The second-order valence-electron chi connectivity index (χ2n) is 5.53. The van der Waals surface area contributed by atoms with Crippen LogP contribution in [0.25, 0.3) is 11.4 Å². The number of nitrogens with zero attached hydrogens (tertiary/aromatic N) is 3. The van der Waals surface area contributed by atoms with Gasteiger partial charge in [-0.15, -0.1) is 0 Å². The molecule has 5 nitrogen and oxygen atoms in total. The van der Waals surface area contributed by atoms with Gasteiger partial charge >= 0.3 is 0 Å². The quantitative estimate of drug-likeness (QED) is 0.933. The third-order valence-electron chi connectivity index (χ3n) is 3.94. The number of hydrogen-bond donors (Lipinski definition) is 1. The van der Waals surface area contributed by atoms with E-state index in [1.54, 1.807) is 6.20 Å². The molecule has 0 unspecified atom stereocenters. The largest absolute Gasteiger partial charge is 0.387 e. The van der Waals surface area contributed by atoms with Crippen molar-refractivity contribution < 1.29 is 9.84 Å². The van der Waals surface area contributed by atoms with Crippen LogP contribution in [0.15, 0.2) is 36.5 Å². The predicted molar refractivity (Wildman–Crippen MR) is 84.4 cm³/mol. The van der Waals surface area contributed by atoms with E-state index < -0.39 is 6.10 Å². The van der Waals surface area contributed by atoms with Gasteiger partial charge in [-0.2, -0.15) is 0 Å². The molecule has 1 atom stereocenters. The van der Waals surface area contributed by atoms with Crippen molar-refractivity contribution in [2.24, 2.45) is 0 Å². The Bertz CT molecular complexity index is 613. The summed E-state index contributed by atoms with van der Waals surface area (Å²) in [6.45, 7) is 5.70. The van der Waals surface area contributed by atoms with Gasteiger partial charge in [0.25, 0.3) is 0 Å². The van der Waals surface area contributed by atoms with Gasteiger partial charge in [0, 0.05) is 42.7 Å². The fourth-order valence-electron chi connectivity index (χ4n) is 2.66. The monoisotopic (exact) mass is 299 g/mol. The Morgan fingerprint density at radius 2 is 1.95 bits per heavy atom. The zero-order valence-corrected chi connectivity index (χ0v) is 12.8. The van der Waals surface area contributed by atoms with Crippen molar-refractivity contribution in [3.8, 4) is 11.4 Å². The van der Waals surface area contributed by atoms with E-state index in [0.717, 1.165) is 43.1 Å². The molecule has 0 radical (unpaired) electrons. The van der Waals surface area contributed by atoms with Crippen LogP contribution in [0.3, 0.4) is 0 Å². The van der Waals surface area contributed by atoms with Crippen molar-refractivity contribution in [2.45, 2.75) is 13.0 Å². The molecule has 1 aliphatic rings. The number of benzene rings is 1. The summed E-state index contributed by atoms with van der Waals surface area (Å²) >= 11 is 0. The molecule has 0 aliphatic carbocycles. The Morgan fingerprint density at radius 3 is 2.64 bits per heavy atom. The lowest BCUT2D eigenvalue weighted by molar-refractivity contribution is 0.0141. The van der Waals surface area contributed by atoms with Crippen molar-refractivity contribution in [3.05, 3.63) is 47.8 Å². The van der Waals surface area contributed by atoms with Crippen molar-refractivity contribution in [1.82, 2.24) is 14.9 Å². The van der Waals surface area contributed by atoms with E-state index >= 15 is 0 Å². The summed E-state index contributed by atoms with van der Waals surface area (Å²) in [6.07, 6.45) is 1.18. The summed E-state index contributed by atoms with van der Waals surface area (Å²) < 4.78 is 5.33. The minimum absolute atomic E-state index is 0.567. The molecule has 1 fully saturated rings. The number of aromatic nitrogens is 2. The number of aliphatic hydroxyl groups excluding tert-OH is 1. The molecule has 0 bridgehead atoms. The van der Waals surface area contributed by atoms with E-state index in [1.807, 2.05) is 37.3 Å². The maximum Gasteiger partial charge on any atom is 0.159 e. The molecule has 2 heterocycles. The lowest BCUT2D eigenvalue weighted by Crippen LogP contribution is -2.39. The highest BCUT2D eigenvalue weighted by molar-refractivity contribution is 5.54. The first-order valence-corrected chi connectivity index (χ1v) is 7.61. The number of ether oxygens (including phenoxy) is 1. The topological polar surface area (TPSA) is 58.5 Å². The van der Waals surface area contributed by atoms with Crippen molar-refractivity contribution in [1.29, 1.82) is 0 Å². The lowest BCUT2D eigenvalue weighted by atomic mass is 10.1. The van der Waals surface area contributed by atoms with Gasteiger partial charge in [0.05, 0.1) is 19.3 Å². The minimum Gasteiger partial charge on any atom is -0.387 e. The highest BCUT2D eigenvalue weighted by Gasteiger charge is 2.18. The zero-order chi connectivity index (χ0) is 15.4. The number of morpholine rings is 1. The van der Waals surface area contributed by atoms with Gasteiger partial charge in [-0.3, -0.25) is 4.90 Å². The highest BCUT2D eigenvalue weighted by atomic mass is 16.5. The van der Waals surface area contributed by atoms with Crippen LogP contribution < -0.4 is 0 Å². The Labute approximate surface area is 130 Å². The molecule has 0 amide bonds. The second kappa shape index (κ2) is 6.96. The van der Waals surface area contributed by atoms with E-state index in [2.05, 4.69) is 14.9 Å². The maximum atomic E-state index is 10.5. The van der Waals surface area contributed by atoms with E-state index in [1.165, 1.54) is 0 Å². The van der Waals surface area contributed by atoms with E-state index in [-0.39, 0.29) is 0 Å². The van der Waals surface area contributed by atoms with Gasteiger partial charge in [-0.1, -0.05) is 30.3 Å². The van der Waals surface area contributed by atoms with Gasteiger partial charge in [-0.05, 0) is 6.92 Å². The number of β-amino-alcohol motifs (C(OH)–C–C–N with tert-alkyl or cyclic N) is 1. The molecule has 0 saturated carbocycles. The summed E-state index contributed by atoms with van der Waals surface area (Å²) in [5, 5.41) is 10.5. The number of aryl methyl sites for hydroxylation is 1. The SMILES string of the molecule is Cc1nc(-c2ccccc2)ncc1[C@H](O)CN1CCOCC1. The first-order valence-electron chi connectivity index (χ1n) is 7.61. The van der Waals surface area contributed by atoms with Crippen molar-refractivity contribution in [2.75, 3.05) is 32.8 Å². The second-order valence-corrected chi connectivity index (χ2v) is 5.53. The van der Waals surface area contributed by atoms with Gasteiger partial charge in [-0.25, -0.2) is 9.97 Å². The maximum absolute atomic E-state index is 10.5. The van der Waals surface area contributed by atoms with Gasteiger partial charge in [0.15, 0.2) is 5.82 Å². The Morgan fingerprint density at radius 1 is 1.23 bits per heavy atom. The summed E-state index contributed by atoms with van der Waals surface area (Å²) in [5.74, 6) is 0.695. The van der Waals surface area contributed by atoms with Crippen LogP contribution in [-0.4, -0.2) is 52.8 Å². The van der Waals surface area contributed by atoms with Crippen LogP contribution in [0.1, 0.15) is 17.4 Å². The van der Waals surface area contributed by atoms with Crippen LogP contribution in [0.4, 0.5) is 0 Å². The molecule has 1 aromatic heterocycles. The molecule has 22 heavy (non-hydrogen) atoms. The van der Waals surface area contributed by atoms with Crippen LogP contribution in [0, 0.1) is 6.92 Å². The first kappa shape index (κ1) is 15.1. The smallest absolute Gasteiger partial charge is 0.159 e. The number of aliphatic hydroxyl groups is 1. The number of rotatable bonds is 4. The predicted octanol–water partition coefficient (Wildman–Crippen LogP) is 1.82. The molecule has 1 aromatic carbocycles. The third-order valence-corrected chi connectivity index (χ3v) is 3.94. The Hall–Kier alpha value is -1.82. The summed E-state index contributed by atoms with van der Waals surface area (Å²) in [6, 6.07) is 9.87. The summed E-state index contributed by atoms with van der Waals surface area (Å²) in [5.41, 5.74) is 2.61. The summed E-state index contributed by atoms with van der Waals surface area (Å²) in [4.78, 5) is 11.2. The minimum atomic E-state index is -0.567. The average molecular weight is 299 g/mol. The third kappa shape index (κ3) is 3.50. The molecular weight excluding hydrogens is 278 g/mol. The molecule has 5 heteroatoms. The fourth-order valence-corrected chi connectivity index (χ4v) is 2.66. The normalized spacial score (nSPS) is 17.4. The fraction of sp³-hybridized carbons (Fsp3) is 0.412. The van der Waals surface area contributed by atoms with Gasteiger partial charge in [0.1, 0.15) is 0 Å². The standard InChI is InChI=1S/C17H21N3O2/c1-13-15(16(21)12-20-7-9-22-10-8-20)11-18-17(19-13)14-5-3-2-4-6-14/h2-6,11,16,21H,7-10,12H2,1H3/t16-/m1/s1. The molecular formula is C17H21N3O2. The average Bonchev–Trinajstić information content (AvgIpc) is 2.56. The van der Waals surface area contributed by atoms with Crippen LogP contribution in [0.5, 0.6) is 0 Å². The first-order chi connectivity index (χ1) is 10.7. The van der Waals surface area contributed by atoms with E-state index in [4.69, 9.17) is 4.74 Å². The molecule has 2 aromatic rings. The van der Waals surface area contributed by atoms with Gasteiger partial charge in [0.2, 0.25) is 0 Å². The van der Waals surface area contributed by atoms with E-state index in [9.17, 15) is 5.11 Å². The Kier molecular flexibility index (Phi) is 4.77. The van der Waals surface area contributed by atoms with Crippen LogP contribution >= 0.6 is 0 Å². The number of hydrogen-bond acceptors (Lipinski definition) is 5.